The fourth-order valence-electron chi connectivity index (χ4n) is 1.91. The van der Waals surface area contributed by atoms with Crippen molar-refractivity contribution in [3.63, 3.8) is 0 Å². The zero-order valence-corrected chi connectivity index (χ0v) is 13.1. The molecule has 0 fully saturated rings. The quantitative estimate of drug-likeness (QED) is 0.821. The Morgan fingerprint density at radius 3 is 2.82 bits per heavy atom. The topological polar surface area (TPSA) is 76.4 Å². The van der Waals surface area contributed by atoms with Gasteiger partial charge in [-0.15, -0.1) is 0 Å². The van der Waals surface area contributed by atoms with E-state index in [0.29, 0.717) is 24.5 Å². The minimum atomic E-state index is -0.122. The maximum absolute atomic E-state index is 11.8. The number of aryl methyl sites for hydroxylation is 1. The van der Waals surface area contributed by atoms with Gasteiger partial charge in [-0.1, -0.05) is 17.3 Å². The molecular weight excluding hydrogens is 282 g/mol. The van der Waals surface area contributed by atoms with Crippen molar-refractivity contribution in [2.24, 2.45) is 0 Å². The molecule has 22 heavy (non-hydrogen) atoms. The third kappa shape index (κ3) is 4.80. The van der Waals surface area contributed by atoms with Gasteiger partial charge in [0.05, 0.1) is 11.8 Å². The Kier molecular flexibility index (Phi) is 5.41. The SMILES string of the molecule is Cc1cc(NC(=O)CCNc2ccccc2OC(C)C)no1. The monoisotopic (exact) mass is 303 g/mol. The van der Waals surface area contributed by atoms with Crippen LogP contribution in [0.2, 0.25) is 0 Å². The van der Waals surface area contributed by atoms with Gasteiger partial charge in [0, 0.05) is 19.0 Å². The minimum Gasteiger partial charge on any atom is -0.489 e. The molecule has 0 bridgehead atoms. The first-order valence-electron chi connectivity index (χ1n) is 7.27. The van der Waals surface area contributed by atoms with Gasteiger partial charge < -0.3 is 19.9 Å². The van der Waals surface area contributed by atoms with E-state index in [9.17, 15) is 4.79 Å². The first-order valence-corrected chi connectivity index (χ1v) is 7.27. The summed E-state index contributed by atoms with van der Waals surface area (Å²) >= 11 is 0. The van der Waals surface area contributed by atoms with Gasteiger partial charge in [-0.05, 0) is 32.9 Å². The fourth-order valence-corrected chi connectivity index (χ4v) is 1.91. The van der Waals surface area contributed by atoms with Crippen LogP contribution < -0.4 is 15.4 Å². The van der Waals surface area contributed by atoms with Gasteiger partial charge >= 0.3 is 0 Å². The third-order valence-electron chi connectivity index (χ3n) is 2.81. The van der Waals surface area contributed by atoms with Crippen molar-refractivity contribution in [1.82, 2.24) is 5.16 Å². The molecule has 0 aliphatic rings. The van der Waals surface area contributed by atoms with Gasteiger partial charge in [-0.3, -0.25) is 4.79 Å². The predicted molar refractivity (Wildman–Crippen MR) is 85.2 cm³/mol. The van der Waals surface area contributed by atoms with Crippen molar-refractivity contribution >= 4 is 17.4 Å². The number of amides is 1. The van der Waals surface area contributed by atoms with E-state index < -0.39 is 0 Å². The first kappa shape index (κ1) is 15.9. The predicted octanol–water partition coefficient (Wildman–Crippen LogP) is 3.21. The summed E-state index contributed by atoms with van der Waals surface area (Å²) in [6.07, 6.45) is 0.420. The van der Waals surface area contributed by atoms with Gasteiger partial charge in [-0.2, -0.15) is 0 Å². The Labute approximate surface area is 129 Å². The zero-order valence-electron chi connectivity index (χ0n) is 13.1. The molecule has 0 radical (unpaired) electrons. The summed E-state index contributed by atoms with van der Waals surface area (Å²) < 4.78 is 10.6. The maximum Gasteiger partial charge on any atom is 0.227 e. The summed E-state index contributed by atoms with van der Waals surface area (Å²) in [4.78, 5) is 11.8. The average Bonchev–Trinajstić information content (AvgIpc) is 2.85. The van der Waals surface area contributed by atoms with Gasteiger partial charge in [0.1, 0.15) is 11.5 Å². The van der Waals surface area contributed by atoms with Crippen LogP contribution in [-0.4, -0.2) is 23.7 Å². The normalized spacial score (nSPS) is 10.5. The van der Waals surface area contributed by atoms with E-state index in [2.05, 4.69) is 15.8 Å². The van der Waals surface area contributed by atoms with Crippen LogP contribution in [0.5, 0.6) is 5.75 Å². The molecule has 0 saturated carbocycles. The zero-order chi connectivity index (χ0) is 15.9. The highest BCUT2D eigenvalue weighted by Crippen LogP contribution is 2.24. The van der Waals surface area contributed by atoms with E-state index >= 15 is 0 Å². The number of rotatable bonds is 7. The summed E-state index contributed by atoms with van der Waals surface area (Å²) in [6.45, 7) is 6.23. The highest BCUT2D eigenvalue weighted by molar-refractivity contribution is 5.90. The number of hydrogen-bond donors (Lipinski definition) is 2. The highest BCUT2D eigenvalue weighted by atomic mass is 16.5. The van der Waals surface area contributed by atoms with Crippen molar-refractivity contribution in [1.29, 1.82) is 0 Å². The molecule has 6 nitrogen and oxygen atoms in total. The Balaban J connectivity index is 1.82. The Morgan fingerprint density at radius 1 is 1.36 bits per heavy atom. The van der Waals surface area contributed by atoms with Gasteiger partial charge in [0.25, 0.3) is 0 Å². The number of hydrogen-bond acceptors (Lipinski definition) is 5. The van der Waals surface area contributed by atoms with E-state index in [-0.39, 0.29) is 12.0 Å². The molecule has 0 aliphatic carbocycles. The number of aromatic nitrogens is 1. The second kappa shape index (κ2) is 7.49. The van der Waals surface area contributed by atoms with Crippen LogP contribution in [0.15, 0.2) is 34.9 Å². The number of nitrogens with one attached hydrogen (secondary N) is 2. The number of nitrogens with zero attached hydrogens (tertiary/aromatic N) is 1. The van der Waals surface area contributed by atoms with E-state index in [4.69, 9.17) is 9.26 Å². The number of anilines is 2. The second-order valence-electron chi connectivity index (χ2n) is 5.21. The number of para-hydroxylation sites is 2. The van der Waals surface area contributed by atoms with Crippen LogP contribution in [0.4, 0.5) is 11.5 Å². The summed E-state index contributed by atoms with van der Waals surface area (Å²) in [7, 11) is 0. The first-order chi connectivity index (χ1) is 10.5. The van der Waals surface area contributed by atoms with Crippen LogP contribution in [-0.2, 0) is 4.79 Å². The number of carbonyl (C=O) groups excluding carboxylic acids is 1. The fraction of sp³-hybridized carbons (Fsp3) is 0.375. The van der Waals surface area contributed by atoms with Crippen molar-refractivity contribution < 1.29 is 14.1 Å². The lowest BCUT2D eigenvalue weighted by atomic mass is 10.2. The molecule has 0 spiro atoms. The smallest absolute Gasteiger partial charge is 0.227 e. The molecule has 1 aromatic heterocycles. The molecular formula is C16H21N3O3. The molecule has 1 heterocycles. The van der Waals surface area contributed by atoms with Gasteiger partial charge in [0.15, 0.2) is 5.82 Å². The van der Waals surface area contributed by atoms with Crippen LogP contribution in [0.25, 0.3) is 0 Å². The van der Waals surface area contributed by atoms with Crippen molar-refractivity contribution in [3.05, 3.63) is 36.1 Å². The largest absolute Gasteiger partial charge is 0.489 e. The summed E-state index contributed by atoms with van der Waals surface area (Å²) in [6, 6.07) is 9.35. The number of carbonyl (C=O) groups is 1. The summed E-state index contributed by atoms with van der Waals surface area (Å²) in [5.41, 5.74) is 0.876. The molecule has 2 rings (SSSR count). The lowest BCUT2D eigenvalue weighted by molar-refractivity contribution is -0.116. The Bertz CT molecular complexity index is 623. The molecule has 2 N–H and O–H groups in total. The van der Waals surface area contributed by atoms with Gasteiger partial charge in [-0.25, -0.2) is 0 Å². The molecule has 0 saturated heterocycles. The lowest BCUT2D eigenvalue weighted by Crippen LogP contribution is -2.17. The van der Waals surface area contributed by atoms with Crippen molar-refractivity contribution in [2.75, 3.05) is 17.2 Å². The van der Waals surface area contributed by atoms with E-state index in [1.165, 1.54) is 0 Å². The molecule has 0 unspecified atom stereocenters. The van der Waals surface area contributed by atoms with E-state index in [0.717, 1.165) is 11.4 Å². The third-order valence-corrected chi connectivity index (χ3v) is 2.81. The molecule has 6 heteroatoms. The molecule has 0 atom stereocenters. The van der Waals surface area contributed by atoms with Crippen LogP contribution in [0.3, 0.4) is 0 Å². The minimum absolute atomic E-state index is 0.0988. The van der Waals surface area contributed by atoms with Crippen molar-refractivity contribution in [2.45, 2.75) is 33.3 Å². The molecule has 118 valence electrons. The Hall–Kier alpha value is -2.50. The lowest BCUT2D eigenvalue weighted by Gasteiger charge is -2.15. The molecule has 1 amide bonds. The second-order valence-corrected chi connectivity index (χ2v) is 5.21. The maximum atomic E-state index is 11.8. The van der Waals surface area contributed by atoms with E-state index in [1.54, 1.807) is 13.0 Å². The summed E-state index contributed by atoms with van der Waals surface area (Å²) in [5.74, 6) is 1.76. The van der Waals surface area contributed by atoms with Crippen LogP contribution >= 0.6 is 0 Å². The Morgan fingerprint density at radius 2 is 2.14 bits per heavy atom. The van der Waals surface area contributed by atoms with Gasteiger partial charge in [0.2, 0.25) is 5.91 Å². The highest BCUT2D eigenvalue weighted by Gasteiger charge is 2.08. The van der Waals surface area contributed by atoms with Crippen LogP contribution in [0.1, 0.15) is 26.0 Å². The number of benzene rings is 1. The molecule has 1 aromatic carbocycles. The summed E-state index contributed by atoms with van der Waals surface area (Å²) in [5, 5.41) is 9.61. The van der Waals surface area contributed by atoms with Crippen LogP contribution in [0, 0.1) is 6.92 Å². The van der Waals surface area contributed by atoms with E-state index in [1.807, 2.05) is 38.1 Å². The average molecular weight is 303 g/mol. The standard InChI is InChI=1S/C16H21N3O3/c1-11(2)21-14-7-5-4-6-13(14)17-9-8-16(20)18-15-10-12(3)22-19-15/h4-7,10-11,17H,8-9H2,1-3H3,(H,18,19,20). The molecule has 2 aromatic rings. The van der Waals surface area contributed by atoms with Crippen molar-refractivity contribution in [3.8, 4) is 5.75 Å². The molecule has 0 aliphatic heterocycles. The number of ether oxygens (including phenoxy) is 1.